The molecule has 1 unspecified atom stereocenters. The largest absolute Gasteiger partial charge is 0.493 e. The number of rotatable bonds is 9. The Balaban J connectivity index is 1.71. The number of hydrogen-bond acceptors (Lipinski definition) is 6. The number of nitrogens with zero attached hydrogens (tertiary/aromatic N) is 2. The Morgan fingerprint density at radius 1 is 1.00 bits per heavy atom. The minimum Gasteiger partial charge on any atom is -0.493 e. The molecule has 1 fully saturated rings. The van der Waals surface area contributed by atoms with Crippen molar-refractivity contribution in [1.29, 1.82) is 0 Å². The lowest BCUT2D eigenvalue weighted by Crippen LogP contribution is -2.30. The van der Waals surface area contributed by atoms with Crippen molar-refractivity contribution in [3.05, 3.63) is 42.0 Å². The monoisotopic (exact) mass is 469 g/mol. The number of benzene rings is 2. The minimum atomic E-state index is -0.524. The molecule has 2 aromatic carbocycles. The van der Waals surface area contributed by atoms with Gasteiger partial charge in [-0.05, 0) is 38.1 Å². The normalized spacial score (nSPS) is 15.1. The molecule has 0 aromatic heterocycles. The number of amides is 3. The van der Waals surface area contributed by atoms with Crippen LogP contribution in [0.25, 0.3) is 0 Å². The predicted molar refractivity (Wildman–Crippen MR) is 129 cm³/mol. The van der Waals surface area contributed by atoms with Gasteiger partial charge in [-0.3, -0.25) is 14.4 Å². The van der Waals surface area contributed by atoms with Crippen LogP contribution in [0.3, 0.4) is 0 Å². The average Bonchev–Trinajstić information content (AvgIpc) is 3.25. The van der Waals surface area contributed by atoms with Gasteiger partial charge in [0.1, 0.15) is 0 Å². The van der Waals surface area contributed by atoms with E-state index in [1.54, 1.807) is 46.2 Å². The van der Waals surface area contributed by atoms with E-state index in [0.717, 1.165) is 0 Å². The number of anilines is 2. The third-order valence-electron chi connectivity index (χ3n) is 5.91. The lowest BCUT2D eigenvalue weighted by Gasteiger charge is -2.20. The molecule has 3 amide bonds. The SMILES string of the molecule is CCN(CC)C(=O)c1ccc(NC(=O)C2CC(=O)N(c3cc(OC)c(OC)c(OC)c3)C2)cc1. The van der Waals surface area contributed by atoms with Gasteiger partial charge < -0.3 is 29.3 Å². The van der Waals surface area contributed by atoms with Gasteiger partial charge in [-0.15, -0.1) is 0 Å². The molecule has 0 spiro atoms. The van der Waals surface area contributed by atoms with Crippen LogP contribution in [0.1, 0.15) is 30.6 Å². The van der Waals surface area contributed by atoms with Gasteiger partial charge >= 0.3 is 0 Å². The zero-order chi connectivity index (χ0) is 24.8. The topological polar surface area (TPSA) is 97.4 Å². The molecule has 1 saturated heterocycles. The van der Waals surface area contributed by atoms with Crippen LogP contribution < -0.4 is 24.4 Å². The molecule has 1 heterocycles. The van der Waals surface area contributed by atoms with E-state index in [1.165, 1.54) is 21.3 Å². The van der Waals surface area contributed by atoms with Crippen LogP contribution in [0, 0.1) is 5.92 Å². The molecule has 0 bridgehead atoms. The second-order valence-electron chi connectivity index (χ2n) is 7.83. The fraction of sp³-hybridized carbons (Fsp3) is 0.400. The minimum absolute atomic E-state index is 0.0507. The Morgan fingerprint density at radius 3 is 2.09 bits per heavy atom. The molecule has 182 valence electrons. The molecular formula is C25H31N3O6. The van der Waals surface area contributed by atoms with Crippen LogP contribution in [0.15, 0.2) is 36.4 Å². The van der Waals surface area contributed by atoms with Crippen molar-refractivity contribution in [2.45, 2.75) is 20.3 Å². The first kappa shape index (κ1) is 24.9. The summed E-state index contributed by atoms with van der Waals surface area (Å²) in [7, 11) is 4.52. The van der Waals surface area contributed by atoms with Crippen LogP contribution >= 0.6 is 0 Å². The van der Waals surface area contributed by atoms with Crippen molar-refractivity contribution in [2.75, 3.05) is 51.2 Å². The highest BCUT2D eigenvalue weighted by Gasteiger charge is 2.36. The zero-order valence-electron chi connectivity index (χ0n) is 20.2. The number of carbonyl (C=O) groups excluding carboxylic acids is 3. The lowest BCUT2D eigenvalue weighted by atomic mass is 10.1. The maximum absolute atomic E-state index is 12.9. The summed E-state index contributed by atoms with van der Waals surface area (Å²) in [5.74, 6) is 0.279. The Kier molecular flexibility index (Phi) is 7.99. The third kappa shape index (κ3) is 5.08. The number of hydrogen-bond donors (Lipinski definition) is 1. The molecule has 3 rings (SSSR count). The van der Waals surface area contributed by atoms with Crippen molar-refractivity contribution >= 4 is 29.1 Å². The quantitative estimate of drug-likeness (QED) is 0.606. The molecular weight excluding hydrogens is 438 g/mol. The Morgan fingerprint density at radius 2 is 1.59 bits per heavy atom. The fourth-order valence-electron chi connectivity index (χ4n) is 3.99. The first-order valence-corrected chi connectivity index (χ1v) is 11.2. The van der Waals surface area contributed by atoms with Gasteiger partial charge in [0, 0.05) is 49.4 Å². The van der Waals surface area contributed by atoms with Gasteiger partial charge in [0.05, 0.1) is 32.9 Å². The van der Waals surface area contributed by atoms with Crippen molar-refractivity contribution in [3.63, 3.8) is 0 Å². The summed E-state index contributed by atoms with van der Waals surface area (Å²) in [6, 6.07) is 10.2. The van der Waals surface area contributed by atoms with E-state index in [-0.39, 0.29) is 30.7 Å². The molecule has 2 aromatic rings. The molecule has 9 heteroatoms. The molecule has 1 aliphatic heterocycles. The number of ether oxygens (including phenoxy) is 3. The molecule has 1 aliphatic rings. The molecule has 1 atom stereocenters. The van der Waals surface area contributed by atoms with Crippen LogP contribution in [0.4, 0.5) is 11.4 Å². The summed E-state index contributed by atoms with van der Waals surface area (Å²) in [5, 5.41) is 2.85. The van der Waals surface area contributed by atoms with E-state index in [2.05, 4.69) is 5.32 Å². The van der Waals surface area contributed by atoms with E-state index < -0.39 is 5.92 Å². The standard InChI is InChI=1S/C25H31N3O6/c1-6-27(7-2)25(31)16-8-10-18(11-9-16)26-24(30)17-12-22(29)28(15-17)19-13-20(32-3)23(34-5)21(14-19)33-4/h8-11,13-14,17H,6-7,12,15H2,1-5H3,(H,26,30). The summed E-state index contributed by atoms with van der Waals surface area (Å²) < 4.78 is 16.1. The van der Waals surface area contributed by atoms with Gasteiger partial charge in [0.25, 0.3) is 5.91 Å². The predicted octanol–water partition coefficient (Wildman–Crippen LogP) is 3.19. The molecule has 0 radical (unpaired) electrons. The van der Waals surface area contributed by atoms with Gasteiger partial charge in [0.15, 0.2) is 11.5 Å². The fourth-order valence-corrected chi connectivity index (χ4v) is 3.99. The maximum Gasteiger partial charge on any atom is 0.253 e. The molecule has 1 N–H and O–H groups in total. The highest BCUT2D eigenvalue weighted by molar-refractivity contribution is 6.04. The number of nitrogens with one attached hydrogen (secondary N) is 1. The summed E-state index contributed by atoms with van der Waals surface area (Å²) in [4.78, 5) is 41.3. The summed E-state index contributed by atoms with van der Waals surface area (Å²) in [6.45, 7) is 5.35. The maximum atomic E-state index is 12.9. The highest BCUT2D eigenvalue weighted by atomic mass is 16.5. The zero-order valence-corrected chi connectivity index (χ0v) is 20.2. The Hall–Kier alpha value is -3.75. The van der Waals surface area contributed by atoms with Crippen LogP contribution in [0.2, 0.25) is 0 Å². The summed E-state index contributed by atoms with van der Waals surface area (Å²) in [5.41, 5.74) is 1.69. The van der Waals surface area contributed by atoms with Gasteiger partial charge in [-0.1, -0.05) is 0 Å². The van der Waals surface area contributed by atoms with Crippen molar-refractivity contribution in [3.8, 4) is 17.2 Å². The van der Waals surface area contributed by atoms with E-state index in [4.69, 9.17) is 14.2 Å². The van der Waals surface area contributed by atoms with Gasteiger partial charge in [-0.25, -0.2) is 0 Å². The first-order valence-electron chi connectivity index (χ1n) is 11.2. The number of methoxy groups -OCH3 is 3. The molecule has 9 nitrogen and oxygen atoms in total. The highest BCUT2D eigenvalue weighted by Crippen LogP contribution is 2.42. The average molecular weight is 470 g/mol. The van der Waals surface area contributed by atoms with E-state index >= 15 is 0 Å². The van der Waals surface area contributed by atoms with Crippen molar-refractivity contribution < 1.29 is 28.6 Å². The Bertz CT molecular complexity index is 1020. The third-order valence-corrected chi connectivity index (χ3v) is 5.91. The second-order valence-corrected chi connectivity index (χ2v) is 7.83. The van der Waals surface area contributed by atoms with Gasteiger partial charge in [0.2, 0.25) is 17.6 Å². The lowest BCUT2D eigenvalue weighted by molar-refractivity contribution is -0.122. The van der Waals surface area contributed by atoms with Gasteiger partial charge in [-0.2, -0.15) is 0 Å². The van der Waals surface area contributed by atoms with Crippen molar-refractivity contribution in [2.24, 2.45) is 5.92 Å². The van der Waals surface area contributed by atoms with Crippen LogP contribution in [0.5, 0.6) is 17.2 Å². The number of carbonyl (C=O) groups is 3. The first-order chi connectivity index (χ1) is 16.4. The second kappa shape index (κ2) is 10.9. The summed E-state index contributed by atoms with van der Waals surface area (Å²) in [6.07, 6.45) is 0.0843. The van der Waals surface area contributed by atoms with Crippen molar-refractivity contribution in [1.82, 2.24) is 4.90 Å². The summed E-state index contributed by atoms with van der Waals surface area (Å²) >= 11 is 0. The van der Waals surface area contributed by atoms with Crippen LogP contribution in [-0.4, -0.2) is 63.6 Å². The molecule has 34 heavy (non-hydrogen) atoms. The molecule has 0 aliphatic carbocycles. The van der Waals surface area contributed by atoms with E-state index in [1.807, 2.05) is 13.8 Å². The van der Waals surface area contributed by atoms with E-state index in [0.29, 0.717) is 47.3 Å². The molecule has 0 saturated carbocycles. The smallest absolute Gasteiger partial charge is 0.253 e. The van der Waals surface area contributed by atoms with Crippen LogP contribution in [-0.2, 0) is 9.59 Å². The van der Waals surface area contributed by atoms with E-state index in [9.17, 15) is 14.4 Å². The Labute approximate surface area is 199 Å².